The summed E-state index contributed by atoms with van der Waals surface area (Å²) in [5.41, 5.74) is 2.49. The molecule has 0 saturated heterocycles. The lowest BCUT2D eigenvalue weighted by Gasteiger charge is -2.08. The molecule has 1 aromatic heterocycles. The van der Waals surface area contributed by atoms with Gasteiger partial charge in [0.25, 0.3) is 5.69 Å². The van der Waals surface area contributed by atoms with Crippen LogP contribution in [0.4, 0.5) is 5.69 Å². The van der Waals surface area contributed by atoms with Crippen LogP contribution in [0.3, 0.4) is 0 Å². The largest absolute Gasteiger partial charge is 0.336 e. The molecule has 5 nitrogen and oxygen atoms in total. The van der Waals surface area contributed by atoms with Gasteiger partial charge in [-0.3, -0.25) is 14.7 Å². The van der Waals surface area contributed by atoms with Crippen LogP contribution in [0.2, 0.25) is 0 Å². The summed E-state index contributed by atoms with van der Waals surface area (Å²) in [6, 6.07) is 16.1. The third kappa shape index (κ3) is 2.48. The first kappa shape index (κ1) is 13.3. The SMILES string of the molecule is O=[N+]([O-])c1cccc(-c2c[nH]c(=S)n2-c2ccccc2)c1. The number of H-pyrrole nitrogens is 1. The van der Waals surface area contributed by atoms with Gasteiger partial charge in [0.05, 0.1) is 10.6 Å². The molecule has 0 aliphatic heterocycles. The average molecular weight is 297 g/mol. The Morgan fingerprint density at radius 1 is 1.10 bits per heavy atom. The molecule has 21 heavy (non-hydrogen) atoms. The van der Waals surface area contributed by atoms with Gasteiger partial charge in [0.2, 0.25) is 0 Å². The fourth-order valence-electron chi connectivity index (χ4n) is 2.19. The molecule has 0 amide bonds. The Hall–Kier alpha value is -2.73. The van der Waals surface area contributed by atoms with Gasteiger partial charge in [-0.2, -0.15) is 0 Å². The van der Waals surface area contributed by atoms with Crippen LogP contribution in [0.15, 0.2) is 60.8 Å². The molecular formula is C15H11N3O2S. The number of nitrogens with one attached hydrogen (secondary N) is 1. The first-order valence-corrected chi connectivity index (χ1v) is 6.68. The van der Waals surface area contributed by atoms with E-state index in [-0.39, 0.29) is 5.69 Å². The van der Waals surface area contributed by atoms with E-state index in [0.717, 1.165) is 16.9 Å². The fourth-order valence-corrected chi connectivity index (χ4v) is 2.46. The maximum Gasteiger partial charge on any atom is 0.270 e. The summed E-state index contributed by atoms with van der Waals surface area (Å²) in [6.45, 7) is 0. The molecule has 104 valence electrons. The van der Waals surface area contributed by atoms with Crippen LogP contribution >= 0.6 is 12.2 Å². The van der Waals surface area contributed by atoms with E-state index in [1.54, 1.807) is 12.3 Å². The number of hydrogen-bond donors (Lipinski definition) is 1. The zero-order valence-electron chi connectivity index (χ0n) is 10.9. The molecule has 0 bridgehead atoms. The Morgan fingerprint density at radius 2 is 1.86 bits per heavy atom. The zero-order chi connectivity index (χ0) is 14.8. The molecule has 3 rings (SSSR count). The van der Waals surface area contributed by atoms with Crippen molar-refractivity contribution in [3.63, 3.8) is 0 Å². The summed E-state index contributed by atoms with van der Waals surface area (Å²) < 4.78 is 2.40. The average Bonchev–Trinajstić information content (AvgIpc) is 2.90. The minimum atomic E-state index is -0.405. The summed E-state index contributed by atoms with van der Waals surface area (Å²) in [6.07, 6.45) is 1.76. The van der Waals surface area contributed by atoms with Gasteiger partial charge in [-0.1, -0.05) is 30.3 Å². The van der Waals surface area contributed by atoms with Gasteiger partial charge in [0.1, 0.15) is 0 Å². The lowest BCUT2D eigenvalue weighted by molar-refractivity contribution is -0.384. The summed E-state index contributed by atoms with van der Waals surface area (Å²) >= 11 is 5.31. The number of para-hydroxylation sites is 1. The van der Waals surface area contributed by atoms with Crippen LogP contribution in [0.25, 0.3) is 16.9 Å². The molecule has 1 heterocycles. The second-order valence-corrected chi connectivity index (χ2v) is 4.84. The van der Waals surface area contributed by atoms with Gasteiger partial charge < -0.3 is 4.98 Å². The van der Waals surface area contributed by atoms with Gasteiger partial charge in [-0.25, -0.2) is 0 Å². The predicted octanol–water partition coefficient (Wildman–Crippen LogP) is 4.11. The van der Waals surface area contributed by atoms with Crippen LogP contribution in [0.5, 0.6) is 0 Å². The minimum Gasteiger partial charge on any atom is -0.336 e. The standard InChI is InChI=1S/C15H11N3O2S/c19-18(20)13-8-4-5-11(9-13)14-10-16-15(21)17(14)12-6-2-1-3-7-12/h1-10H,(H,16,21). The number of imidazole rings is 1. The first-order valence-electron chi connectivity index (χ1n) is 6.27. The molecule has 0 radical (unpaired) electrons. The minimum absolute atomic E-state index is 0.0548. The molecule has 0 aliphatic carbocycles. The Labute approximate surface area is 125 Å². The van der Waals surface area contributed by atoms with E-state index in [1.807, 2.05) is 41.0 Å². The number of non-ortho nitro benzene ring substituents is 1. The summed E-state index contributed by atoms with van der Waals surface area (Å²) in [5.74, 6) is 0. The number of rotatable bonds is 3. The highest BCUT2D eigenvalue weighted by Crippen LogP contribution is 2.26. The summed E-state index contributed by atoms with van der Waals surface area (Å²) in [7, 11) is 0. The van der Waals surface area contributed by atoms with E-state index in [2.05, 4.69) is 4.98 Å². The maximum absolute atomic E-state index is 10.9. The molecule has 0 atom stereocenters. The number of hydrogen-bond acceptors (Lipinski definition) is 3. The third-order valence-corrected chi connectivity index (χ3v) is 3.44. The van der Waals surface area contributed by atoms with E-state index in [1.165, 1.54) is 12.1 Å². The van der Waals surface area contributed by atoms with E-state index >= 15 is 0 Å². The van der Waals surface area contributed by atoms with Crippen LogP contribution in [0, 0.1) is 14.9 Å². The van der Waals surface area contributed by atoms with E-state index in [4.69, 9.17) is 12.2 Å². The molecule has 0 saturated carbocycles. The molecule has 2 aromatic carbocycles. The second-order valence-electron chi connectivity index (χ2n) is 4.46. The number of nitro benzene ring substituents is 1. The normalized spacial score (nSPS) is 10.5. The van der Waals surface area contributed by atoms with Gasteiger partial charge in [-0.05, 0) is 24.4 Å². The van der Waals surface area contributed by atoms with Crippen LogP contribution < -0.4 is 0 Å². The molecule has 0 fully saturated rings. The number of benzene rings is 2. The second kappa shape index (κ2) is 5.34. The number of aromatic amines is 1. The number of nitro groups is 1. The van der Waals surface area contributed by atoms with Crippen molar-refractivity contribution in [2.45, 2.75) is 0 Å². The Bertz CT molecular complexity index is 853. The number of aromatic nitrogens is 2. The molecule has 3 aromatic rings. The van der Waals surface area contributed by atoms with Gasteiger partial charge in [0.15, 0.2) is 4.77 Å². The Morgan fingerprint density at radius 3 is 2.57 bits per heavy atom. The van der Waals surface area contributed by atoms with E-state index < -0.39 is 4.92 Å². The zero-order valence-corrected chi connectivity index (χ0v) is 11.7. The highest BCUT2D eigenvalue weighted by Gasteiger charge is 2.12. The maximum atomic E-state index is 10.9. The molecule has 0 unspecified atom stereocenters. The molecule has 1 N–H and O–H groups in total. The van der Waals surface area contributed by atoms with Crippen molar-refractivity contribution in [3.8, 4) is 16.9 Å². The third-order valence-electron chi connectivity index (χ3n) is 3.14. The van der Waals surface area contributed by atoms with Crippen molar-refractivity contribution < 1.29 is 4.92 Å². The van der Waals surface area contributed by atoms with Crippen molar-refractivity contribution in [1.82, 2.24) is 9.55 Å². The van der Waals surface area contributed by atoms with Crippen molar-refractivity contribution in [2.75, 3.05) is 0 Å². The predicted molar refractivity (Wildman–Crippen MR) is 83.0 cm³/mol. The van der Waals surface area contributed by atoms with E-state index in [0.29, 0.717) is 4.77 Å². The Balaban J connectivity index is 2.19. The van der Waals surface area contributed by atoms with Crippen LogP contribution in [-0.4, -0.2) is 14.5 Å². The summed E-state index contributed by atoms with van der Waals surface area (Å²) in [5, 5.41) is 10.9. The van der Waals surface area contributed by atoms with Crippen molar-refractivity contribution in [1.29, 1.82) is 0 Å². The van der Waals surface area contributed by atoms with Crippen LogP contribution in [-0.2, 0) is 0 Å². The molecule has 0 aliphatic rings. The number of nitrogens with zero attached hydrogens (tertiary/aromatic N) is 2. The quantitative estimate of drug-likeness (QED) is 0.449. The van der Waals surface area contributed by atoms with Crippen molar-refractivity contribution in [3.05, 3.63) is 75.7 Å². The van der Waals surface area contributed by atoms with Crippen molar-refractivity contribution >= 4 is 17.9 Å². The lowest BCUT2D eigenvalue weighted by atomic mass is 10.1. The fraction of sp³-hybridized carbons (Fsp3) is 0. The topological polar surface area (TPSA) is 63.9 Å². The highest BCUT2D eigenvalue weighted by molar-refractivity contribution is 7.71. The molecule has 6 heteroatoms. The Kier molecular flexibility index (Phi) is 3.37. The van der Waals surface area contributed by atoms with Crippen molar-refractivity contribution in [2.24, 2.45) is 0 Å². The van der Waals surface area contributed by atoms with Gasteiger partial charge in [-0.15, -0.1) is 0 Å². The lowest BCUT2D eigenvalue weighted by Crippen LogP contribution is -1.97. The highest BCUT2D eigenvalue weighted by atomic mass is 32.1. The summed E-state index contributed by atoms with van der Waals surface area (Å²) in [4.78, 5) is 13.5. The molecule has 0 spiro atoms. The smallest absolute Gasteiger partial charge is 0.270 e. The molecular weight excluding hydrogens is 286 g/mol. The monoisotopic (exact) mass is 297 g/mol. The first-order chi connectivity index (χ1) is 10.2. The van der Waals surface area contributed by atoms with Crippen LogP contribution in [0.1, 0.15) is 0 Å². The van der Waals surface area contributed by atoms with Gasteiger partial charge >= 0.3 is 0 Å². The van der Waals surface area contributed by atoms with Gasteiger partial charge in [0, 0.05) is 29.6 Å². The van der Waals surface area contributed by atoms with E-state index in [9.17, 15) is 10.1 Å².